The van der Waals surface area contributed by atoms with E-state index in [1.807, 2.05) is 42.8 Å². The van der Waals surface area contributed by atoms with E-state index in [1.165, 1.54) is 24.1 Å². The number of hydrogen-bond acceptors (Lipinski definition) is 6. The van der Waals surface area contributed by atoms with Gasteiger partial charge in [0.2, 0.25) is 0 Å². The first-order valence-corrected chi connectivity index (χ1v) is 11.3. The van der Waals surface area contributed by atoms with Crippen LogP contribution >= 0.6 is 0 Å². The number of amides is 1. The Balaban J connectivity index is 1.42. The number of benzene rings is 2. The van der Waals surface area contributed by atoms with Crippen molar-refractivity contribution in [3.63, 3.8) is 0 Å². The van der Waals surface area contributed by atoms with Crippen LogP contribution in [0.1, 0.15) is 28.8 Å². The lowest BCUT2D eigenvalue weighted by molar-refractivity contribution is -0.0937. The van der Waals surface area contributed by atoms with E-state index >= 15 is 0 Å². The monoisotopic (exact) mass is 476 g/mol. The molecule has 0 unspecified atom stereocenters. The number of carbonyl (C=O) groups excluding carboxylic acids is 1. The van der Waals surface area contributed by atoms with Gasteiger partial charge in [-0.25, -0.2) is 14.1 Å². The van der Waals surface area contributed by atoms with Crippen molar-refractivity contribution in [3.05, 3.63) is 81.8 Å². The molecule has 9 nitrogen and oxygen atoms in total. The van der Waals surface area contributed by atoms with Crippen LogP contribution in [0.2, 0.25) is 0 Å². The zero-order valence-corrected chi connectivity index (χ0v) is 19.6. The van der Waals surface area contributed by atoms with Crippen molar-refractivity contribution in [1.29, 1.82) is 0 Å². The Morgan fingerprint density at radius 3 is 2.57 bits per heavy atom. The van der Waals surface area contributed by atoms with E-state index in [1.54, 1.807) is 12.1 Å². The van der Waals surface area contributed by atoms with Gasteiger partial charge in [0, 0.05) is 20.2 Å². The number of halogens is 1. The van der Waals surface area contributed by atoms with E-state index in [-0.39, 0.29) is 30.2 Å². The molecule has 0 atom stereocenters. The first-order chi connectivity index (χ1) is 16.7. The first-order valence-electron chi connectivity index (χ1n) is 11.3. The number of aryl methyl sites for hydroxylation is 3. The average Bonchev–Trinajstić information content (AvgIpc) is 3.17. The summed E-state index contributed by atoms with van der Waals surface area (Å²) in [5.41, 5.74) is 0.875. The maximum Gasteiger partial charge on any atom is 0.276 e. The molecule has 1 fully saturated rings. The second-order valence-corrected chi connectivity index (χ2v) is 8.84. The second-order valence-electron chi connectivity index (χ2n) is 8.84. The molecule has 2 aromatic heterocycles. The highest BCUT2D eigenvalue weighted by Gasteiger charge is 2.49. The number of nitrogens with zero attached hydrogens (tertiary/aromatic N) is 5. The lowest BCUT2D eigenvalue weighted by Gasteiger charge is -2.45. The van der Waals surface area contributed by atoms with E-state index in [2.05, 4.69) is 15.4 Å². The smallest absolute Gasteiger partial charge is 0.276 e. The number of fused-ring (bicyclic) bond motifs is 1. The molecule has 180 valence electrons. The normalized spacial score (nSPS) is 14.7. The summed E-state index contributed by atoms with van der Waals surface area (Å²) in [5, 5.41) is 18.2. The lowest BCUT2D eigenvalue weighted by atomic mass is 9.92. The fourth-order valence-corrected chi connectivity index (χ4v) is 4.40. The molecule has 35 heavy (non-hydrogen) atoms. The molecule has 4 aromatic rings. The molecule has 1 aliphatic heterocycles. The molecule has 10 heteroatoms. The van der Waals surface area contributed by atoms with Gasteiger partial charge in [0.25, 0.3) is 11.5 Å². The van der Waals surface area contributed by atoms with Gasteiger partial charge >= 0.3 is 0 Å². The number of β-amino-alcohol motifs (C(OH)–C–C–N with tert-alkyl or cyclic N) is 1. The number of nitrogens with one attached hydrogen (secondary N) is 1. The molecule has 3 heterocycles. The molecule has 0 bridgehead atoms. The quantitative estimate of drug-likeness (QED) is 0.459. The van der Waals surface area contributed by atoms with Crippen molar-refractivity contribution in [2.24, 2.45) is 14.1 Å². The molecule has 2 aromatic carbocycles. The van der Waals surface area contributed by atoms with Gasteiger partial charge < -0.3 is 19.9 Å². The van der Waals surface area contributed by atoms with E-state index in [9.17, 15) is 19.1 Å². The van der Waals surface area contributed by atoms with Crippen molar-refractivity contribution in [2.75, 3.05) is 18.4 Å². The van der Waals surface area contributed by atoms with Gasteiger partial charge in [-0.2, -0.15) is 5.10 Å². The van der Waals surface area contributed by atoms with Gasteiger partial charge in [-0.15, -0.1) is 0 Å². The van der Waals surface area contributed by atoms with Crippen LogP contribution in [0.15, 0.2) is 53.3 Å². The van der Waals surface area contributed by atoms with Crippen molar-refractivity contribution in [2.45, 2.75) is 18.9 Å². The summed E-state index contributed by atoms with van der Waals surface area (Å²) in [6.45, 7) is 1.93. The maximum atomic E-state index is 14.6. The van der Waals surface area contributed by atoms with Crippen LogP contribution in [-0.4, -0.2) is 48.3 Å². The molecule has 0 radical (unpaired) electrons. The second kappa shape index (κ2) is 8.31. The number of carbonyl (C=O) groups is 1. The minimum atomic E-state index is -1.32. The summed E-state index contributed by atoms with van der Waals surface area (Å²) < 4.78 is 17.4. The Morgan fingerprint density at radius 1 is 1.14 bits per heavy atom. The van der Waals surface area contributed by atoms with Crippen LogP contribution < -0.4 is 10.9 Å². The third-order valence-electron chi connectivity index (χ3n) is 6.40. The van der Waals surface area contributed by atoms with Gasteiger partial charge in [0.15, 0.2) is 11.3 Å². The largest absolute Gasteiger partial charge is 0.378 e. The summed E-state index contributed by atoms with van der Waals surface area (Å²) in [7, 11) is 3.26. The fraction of sp³-hybridized carbons (Fsp3) is 0.280. The molecular weight excluding hydrogens is 451 g/mol. The molecular formula is C25H25FN6O3. The van der Waals surface area contributed by atoms with E-state index in [4.69, 9.17) is 0 Å². The number of imidazole rings is 1. The molecule has 1 aliphatic rings. The predicted octanol–water partition coefficient (Wildman–Crippen LogP) is 2.46. The SMILES string of the molecule is CCc1ccc(Nc2cc(=O)n(C)nc2C(=O)N2CC(O)(c3nc4ccccc4n3C)C2)c(F)c1. The Bertz CT molecular complexity index is 1520. The number of anilines is 2. The van der Waals surface area contributed by atoms with Crippen LogP contribution in [0, 0.1) is 5.82 Å². The van der Waals surface area contributed by atoms with Gasteiger partial charge in [0.05, 0.1) is 35.5 Å². The van der Waals surface area contributed by atoms with Crippen LogP contribution in [0.5, 0.6) is 0 Å². The zero-order valence-electron chi connectivity index (χ0n) is 19.6. The summed E-state index contributed by atoms with van der Waals surface area (Å²) >= 11 is 0. The minimum absolute atomic E-state index is 0.00646. The average molecular weight is 477 g/mol. The van der Waals surface area contributed by atoms with E-state index < -0.39 is 22.9 Å². The number of rotatable bonds is 5. The van der Waals surface area contributed by atoms with Crippen molar-refractivity contribution < 1.29 is 14.3 Å². The molecule has 1 saturated heterocycles. The summed E-state index contributed by atoms with van der Waals surface area (Å²) in [4.78, 5) is 31.6. The standard InChI is InChI=1S/C25H25FN6O3/c1-4-15-9-10-17(16(26)11-15)27-19-12-21(33)31(3)29-22(19)23(34)32-13-25(35,14-32)24-28-18-7-5-6-8-20(18)30(24)2/h5-12,27,35H,4,13-14H2,1-3H3. The molecule has 0 spiro atoms. The molecule has 0 saturated carbocycles. The third-order valence-corrected chi connectivity index (χ3v) is 6.40. The van der Waals surface area contributed by atoms with Crippen LogP contribution in [0.4, 0.5) is 15.8 Å². The number of para-hydroxylation sites is 2. The van der Waals surface area contributed by atoms with Gasteiger partial charge in [-0.1, -0.05) is 25.1 Å². The molecule has 5 rings (SSSR count). The van der Waals surface area contributed by atoms with E-state index in [0.717, 1.165) is 21.3 Å². The summed E-state index contributed by atoms with van der Waals surface area (Å²) in [6.07, 6.45) is 0.678. The van der Waals surface area contributed by atoms with Crippen LogP contribution in [-0.2, 0) is 26.1 Å². The third kappa shape index (κ3) is 3.85. The highest BCUT2D eigenvalue weighted by Crippen LogP contribution is 2.34. The topological polar surface area (TPSA) is 105 Å². The van der Waals surface area contributed by atoms with Gasteiger partial charge in [-0.3, -0.25) is 9.59 Å². The maximum absolute atomic E-state index is 14.6. The number of aliphatic hydroxyl groups is 1. The first kappa shape index (κ1) is 22.7. The molecule has 1 amide bonds. The molecule has 0 aliphatic carbocycles. The number of aromatic nitrogens is 4. The van der Waals surface area contributed by atoms with Crippen molar-refractivity contribution in [1.82, 2.24) is 24.2 Å². The zero-order chi connectivity index (χ0) is 24.9. The van der Waals surface area contributed by atoms with E-state index in [0.29, 0.717) is 12.2 Å². The highest BCUT2D eigenvalue weighted by molar-refractivity contribution is 5.98. The van der Waals surface area contributed by atoms with Crippen molar-refractivity contribution >= 4 is 28.3 Å². The Labute approximate surface area is 200 Å². The molecule has 2 N–H and O–H groups in total. The van der Waals surface area contributed by atoms with Gasteiger partial charge in [0.1, 0.15) is 11.6 Å². The lowest BCUT2D eigenvalue weighted by Crippen LogP contribution is -2.62. The van der Waals surface area contributed by atoms with Crippen molar-refractivity contribution in [3.8, 4) is 0 Å². The Hall–Kier alpha value is -4.05. The number of likely N-dealkylation sites (tertiary alicyclic amines) is 1. The summed E-state index contributed by atoms with van der Waals surface area (Å²) in [6, 6.07) is 13.5. The van der Waals surface area contributed by atoms with Crippen LogP contribution in [0.25, 0.3) is 11.0 Å². The minimum Gasteiger partial charge on any atom is -0.378 e. The summed E-state index contributed by atoms with van der Waals surface area (Å²) in [5.74, 6) is -0.520. The number of hydrogen-bond donors (Lipinski definition) is 2. The van der Waals surface area contributed by atoms with Crippen LogP contribution in [0.3, 0.4) is 0 Å². The van der Waals surface area contributed by atoms with Gasteiger partial charge in [-0.05, 0) is 36.2 Å². The predicted molar refractivity (Wildman–Crippen MR) is 129 cm³/mol. The highest BCUT2D eigenvalue weighted by atomic mass is 19.1. The Morgan fingerprint density at radius 2 is 1.89 bits per heavy atom. The fourth-order valence-electron chi connectivity index (χ4n) is 4.40. The Kier molecular flexibility index (Phi) is 5.40.